The SMILES string of the molecule is CCCN1C(=O)[C@@H]2[C@@H](CC(C(C)C)=C3[C@@H](CC/C(=C/c4ccc(O)c5ccccc45)CC)OB(O)C[C@@H]32)C1=O. The van der Waals surface area contributed by atoms with Gasteiger partial charge >= 0.3 is 7.12 Å². The maximum Gasteiger partial charge on any atom is 0.455 e. The van der Waals surface area contributed by atoms with Crippen molar-refractivity contribution in [3.05, 3.63) is 58.7 Å². The third-order valence-corrected chi connectivity index (χ3v) is 8.96. The van der Waals surface area contributed by atoms with Gasteiger partial charge in [-0.3, -0.25) is 14.5 Å². The monoisotopic (exact) mass is 529 g/mol. The van der Waals surface area contributed by atoms with Crippen molar-refractivity contribution in [1.82, 2.24) is 4.90 Å². The van der Waals surface area contributed by atoms with Gasteiger partial charge in [-0.25, -0.2) is 0 Å². The van der Waals surface area contributed by atoms with Gasteiger partial charge in [-0.2, -0.15) is 0 Å². The third kappa shape index (κ3) is 5.07. The second-order valence-corrected chi connectivity index (χ2v) is 11.6. The minimum absolute atomic E-state index is 0.0427. The van der Waals surface area contributed by atoms with Crippen molar-refractivity contribution < 1.29 is 24.4 Å². The van der Waals surface area contributed by atoms with Crippen LogP contribution in [0.15, 0.2) is 53.1 Å². The van der Waals surface area contributed by atoms with Crippen LogP contribution < -0.4 is 0 Å². The molecular formula is C32H40BNO5. The summed E-state index contributed by atoms with van der Waals surface area (Å²) in [6.45, 7) is 8.89. The van der Waals surface area contributed by atoms with Gasteiger partial charge in [0.25, 0.3) is 0 Å². The molecule has 2 saturated heterocycles. The zero-order valence-corrected chi connectivity index (χ0v) is 23.5. The molecule has 0 saturated carbocycles. The normalized spacial score (nSPS) is 25.6. The molecule has 4 atom stereocenters. The molecule has 2 amide bonds. The lowest BCUT2D eigenvalue weighted by Gasteiger charge is -2.44. The lowest BCUT2D eigenvalue weighted by molar-refractivity contribution is -0.140. The largest absolute Gasteiger partial charge is 0.507 e. The van der Waals surface area contributed by atoms with Crippen LogP contribution >= 0.6 is 0 Å². The van der Waals surface area contributed by atoms with Crippen molar-refractivity contribution in [2.45, 2.75) is 72.2 Å². The number of rotatable bonds is 8. The van der Waals surface area contributed by atoms with Gasteiger partial charge in [0.15, 0.2) is 0 Å². The summed E-state index contributed by atoms with van der Waals surface area (Å²) >= 11 is 0. The van der Waals surface area contributed by atoms with E-state index in [9.17, 15) is 19.7 Å². The predicted octanol–water partition coefficient (Wildman–Crippen LogP) is 5.98. The lowest BCUT2D eigenvalue weighted by atomic mass is 9.57. The predicted molar refractivity (Wildman–Crippen MR) is 155 cm³/mol. The van der Waals surface area contributed by atoms with Gasteiger partial charge in [0.1, 0.15) is 5.75 Å². The molecule has 39 heavy (non-hydrogen) atoms. The molecule has 0 spiro atoms. The van der Waals surface area contributed by atoms with E-state index in [2.05, 4.69) is 26.8 Å². The number of carbonyl (C=O) groups is 2. The third-order valence-electron chi connectivity index (χ3n) is 8.96. The van der Waals surface area contributed by atoms with Crippen LogP contribution in [-0.2, 0) is 14.2 Å². The van der Waals surface area contributed by atoms with Crippen LogP contribution in [-0.4, -0.2) is 46.6 Å². The fourth-order valence-electron chi connectivity index (χ4n) is 7.08. The van der Waals surface area contributed by atoms with Crippen LogP contribution in [0.5, 0.6) is 5.75 Å². The number of nitrogens with zero attached hydrogens (tertiary/aromatic N) is 1. The minimum atomic E-state index is -0.950. The van der Waals surface area contributed by atoms with E-state index in [-0.39, 0.29) is 41.4 Å². The first-order chi connectivity index (χ1) is 18.7. The number of benzene rings is 2. The minimum Gasteiger partial charge on any atom is -0.507 e. The summed E-state index contributed by atoms with van der Waals surface area (Å²) in [4.78, 5) is 28.2. The second-order valence-electron chi connectivity index (χ2n) is 11.6. The van der Waals surface area contributed by atoms with E-state index < -0.39 is 13.0 Å². The average Bonchev–Trinajstić information content (AvgIpc) is 3.16. The highest BCUT2D eigenvalue weighted by Crippen LogP contribution is 2.52. The summed E-state index contributed by atoms with van der Waals surface area (Å²) in [7, 11) is -0.950. The Hall–Kier alpha value is -2.90. The Kier molecular flexibility index (Phi) is 8.02. The number of hydrogen-bond acceptors (Lipinski definition) is 5. The van der Waals surface area contributed by atoms with E-state index in [1.54, 1.807) is 6.07 Å². The quantitative estimate of drug-likeness (QED) is 0.250. The van der Waals surface area contributed by atoms with Gasteiger partial charge in [-0.15, -0.1) is 0 Å². The van der Waals surface area contributed by atoms with Gasteiger partial charge in [-0.05, 0) is 72.8 Å². The van der Waals surface area contributed by atoms with E-state index >= 15 is 0 Å². The molecule has 2 heterocycles. The Morgan fingerprint density at radius 1 is 1.10 bits per heavy atom. The van der Waals surface area contributed by atoms with Crippen LogP contribution in [0.1, 0.15) is 65.4 Å². The van der Waals surface area contributed by atoms with Crippen LogP contribution in [0.3, 0.4) is 0 Å². The molecule has 0 aromatic heterocycles. The summed E-state index contributed by atoms with van der Waals surface area (Å²) in [5, 5.41) is 22.9. The highest BCUT2D eigenvalue weighted by Gasteiger charge is 2.57. The molecule has 7 heteroatoms. The summed E-state index contributed by atoms with van der Waals surface area (Å²) in [6.07, 6.45) is 5.98. The molecule has 2 aromatic carbocycles. The van der Waals surface area contributed by atoms with Crippen molar-refractivity contribution in [3.63, 3.8) is 0 Å². The molecule has 206 valence electrons. The van der Waals surface area contributed by atoms with Crippen molar-refractivity contribution in [2.75, 3.05) is 6.54 Å². The molecule has 2 N–H and O–H groups in total. The first-order valence-corrected chi connectivity index (χ1v) is 14.6. The first-order valence-electron chi connectivity index (χ1n) is 14.6. The van der Waals surface area contributed by atoms with E-state index in [4.69, 9.17) is 4.65 Å². The Morgan fingerprint density at radius 2 is 1.85 bits per heavy atom. The van der Waals surface area contributed by atoms with Crippen LogP contribution in [0.4, 0.5) is 0 Å². The number of phenolic OH excluding ortho intramolecular Hbond substituents is 1. The van der Waals surface area contributed by atoms with Gasteiger partial charge in [0, 0.05) is 11.9 Å². The summed E-state index contributed by atoms with van der Waals surface area (Å²) in [6, 6.07) is 11.6. The number of likely N-dealkylation sites (tertiary alicyclic amines) is 1. The molecule has 3 aliphatic rings. The Bertz CT molecular complexity index is 1330. The van der Waals surface area contributed by atoms with E-state index in [0.717, 1.165) is 41.2 Å². The number of amides is 2. The van der Waals surface area contributed by atoms with Crippen LogP contribution in [0.25, 0.3) is 16.8 Å². The van der Waals surface area contributed by atoms with E-state index in [0.29, 0.717) is 25.7 Å². The van der Waals surface area contributed by atoms with Crippen molar-refractivity contribution in [2.24, 2.45) is 23.7 Å². The molecule has 6 nitrogen and oxygen atoms in total. The average molecular weight is 529 g/mol. The Balaban J connectivity index is 1.45. The zero-order valence-electron chi connectivity index (χ0n) is 23.5. The molecule has 2 aliphatic heterocycles. The van der Waals surface area contributed by atoms with Crippen molar-refractivity contribution in [1.29, 1.82) is 0 Å². The number of fused-ring (bicyclic) bond motifs is 4. The highest BCUT2D eigenvalue weighted by atomic mass is 16.5. The van der Waals surface area contributed by atoms with Crippen molar-refractivity contribution in [3.8, 4) is 5.75 Å². The summed E-state index contributed by atoms with van der Waals surface area (Å²) < 4.78 is 6.18. The molecule has 1 aliphatic carbocycles. The number of phenols is 1. The summed E-state index contributed by atoms with van der Waals surface area (Å²) in [5.74, 6) is -0.488. The smallest absolute Gasteiger partial charge is 0.455 e. The van der Waals surface area contributed by atoms with Gasteiger partial charge in [-0.1, -0.05) is 75.2 Å². The topological polar surface area (TPSA) is 87.1 Å². The maximum atomic E-state index is 13.5. The zero-order chi connectivity index (χ0) is 27.8. The number of aromatic hydroxyl groups is 1. The molecule has 0 bridgehead atoms. The molecule has 2 fully saturated rings. The van der Waals surface area contributed by atoms with E-state index in [1.807, 2.05) is 37.3 Å². The van der Waals surface area contributed by atoms with Gasteiger partial charge < -0.3 is 14.8 Å². The standard InChI is InChI=1S/C32H40BNO5/c1-5-15-34-31(36)25-17-24(19(3)4)29-26(30(25)32(34)37)18-33(38)39-28(29)14-11-20(6-2)16-21-12-13-27(35)23-10-8-7-9-22(21)23/h7-10,12-13,16,19,25-26,28,30,35,38H,5-6,11,14-15,17-18H2,1-4H3/b20-16+/t25-,26+,28-,30-/m1/s1. The summed E-state index contributed by atoms with van der Waals surface area (Å²) in [5.41, 5.74) is 4.70. The maximum absolute atomic E-state index is 13.5. The second kappa shape index (κ2) is 11.3. The number of hydrogen-bond donors (Lipinski definition) is 2. The van der Waals surface area contributed by atoms with Gasteiger partial charge in [0.05, 0.1) is 17.9 Å². The Morgan fingerprint density at radius 3 is 2.54 bits per heavy atom. The van der Waals surface area contributed by atoms with Crippen LogP contribution in [0.2, 0.25) is 6.32 Å². The van der Waals surface area contributed by atoms with Crippen molar-refractivity contribution >= 4 is 35.8 Å². The highest BCUT2D eigenvalue weighted by molar-refractivity contribution is 6.43. The molecular weight excluding hydrogens is 489 g/mol. The fraction of sp³-hybridized carbons (Fsp3) is 0.500. The molecule has 0 radical (unpaired) electrons. The van der Waals surface area contributed by atoms with Crippen LogP contribution in [0, 0.1) is 23.7 Å². The number of imide groups is 1. The van der Waals surface area contributed by atoms with Gasteiger partial charge in [0.2, 0.25) is 11.8 Å². The molecule has 2 aromatic rings. The van der Waals surface area contributed by atoms with E-state index in [1.165, 1.54) is 16.0 Å². The number of allylic oxidation sites excluding steroid dienone is 2. The lowest BCUT2D eigenvalue weighted by Crippen LogP contribution is -2.46. The molecule has 0 unspecified atom stereocenters. The molecule has 5 rings (SSSR count). The number of carbonyl (C=O) groups excluding carboxylic acids is 2. The fourth-order valence-corrected chi connectivity index (χ4v) is 7.08. The Labute approximate surface area is 231 Å². The first kappa shape index (κ1) is 27.7.